The van der Waals surface area contributed by atoms with Crippen molar-refractivity contribution in [1.29, 1.82) is 0 Å². The topological polar surface area (TPSA) is 99.5 Å². The number of benzene rings is 2. The highest BCUT2D eigenvalue weighted by Gasteiger charge is 2.16. The number of carbonyl (C=O) groups excluding carboxylic acids is 1. The van der Waals surface area contributed by atoms with Gasteiger partial charge in [-0.2, -0.15) is 5.10 Å². The second-order valence-electron chi connectivity index (χ2n) is 6.97. The summed E-state index contributed by atoms with van der Waals surface area (Å²) in [6.07, 6.45) is 2.98. The molecule has 2 aromatic heterocycles. The van der Waals surface area contributed by atoms with E-state index >= 15 is 0 Å². The monoisotopic (exact) mass is 400 g/mol. The van der Waals surface area contributed by atoms with E-state index in [-0.39, 0.29) is 11.4 Å². The van der Waals surface area contributed by atoms with Crippen LogP contribution in [0.1, 0.15) is 27.2 Å². The number of aromatic hydroxyl groups is 1. The minimum Gasteiger partial charge on any atom is -0.494 e. The largest absolute Gasteiger partial charge is 0.494 e. The van der Waals surface area contributed by atoms with Gasteiger partial charge in [0, 0.05) is 17.0 Å². The van der Waals surface area contributed by atoms with E-state index in [0.29, 0.717) is 27.7 Å². The zero-order valence-electron chi connectivity index (χ0n) is 16.5. The molecule has 0 bridgehead atoms. The van der Waals surface area contributed by atoms with E-state index in [0.717, 1.165) is 11.1 Å². The molecular formula is C23H20N4O3. The van der Waals surface area contributed by atoms with Gasteiger partial charge in [0.15, 0.2) is 0 Å². The Labute approximate surface area is 172 Å². The molecule has 0 aliphatic rings. The van der Waals surface area contributed by atoms with Gasteiger partial charge in [-0.25, -0.2) is 9.99 Å². The molecule has 0 unspecified atom stereocenters. The van der Waals surface area contributed by atoms with E-state index in [1.807, 2.05) is 26.0 Å². The maximum atomic E-state index is 13.1. The molecule has 150 valence electrons. The zero-order valence-corrected chi connectivity index (χ0v) is 16.5. The number of nitrogens with zero attached hydrogens (tertiary/aromatic N) is 2. The lowest BCUT2D eigenvalue weighted by Gasteiger charge is -2.14. The second kappa shape index (κ2) is 7.71. The Balaban J connectivity index is 1.84. The molecule has 7 heteroatoms. The van der Waals surface area contributed by atoms with Gasteiger partial charge >= 0.3 is 0 Å². The van der Waals surface area contributed by atoms with Crippen molar-refractivity contribution < 1.29 is 9.90 Å². The molecule has 0 atom stereocenters. The molecule has 1 amide bonds. The normalized spacial score (nSPS) is 11.3. The first kappa shape index (κ1) is 19.2. The third kappa shape index (κ3) is 3.37. The van der Waals surface area contributed by atoms with Gasteiger partial charge in [0.1, 0.15) is 5.69 Å². The molecule has 3 N–H and O–H groups in total. The van der Waals surface area contributed by atoms with Crippen LogP contribution in [0.25, 0.3) is 16.5 Å². The number of aryl methyl sites for hydroxylation is 2. The second-order valence-corrected chi connectivity index (χ2v) is 6.97. The lowest BCUT2D eigenvalue weighted by Crippen LogP contribution is -2.21. The minimum atomic E-state index is -0.414. The Morgan fingerprint density at radius 1 is 1.07 bits per heavy atom. The summed E-state index contributed by atoms with van der Waals surface area (Å²) in [5.41, 5.74) is 5.41. The predicted octanol–water partition coefficient (Wildman–Crippen LogP) is 3.41. The van der Waals surface area contributed by atoms with Crippen LogP contribution in [0, 0.1) is 13.8 Å². The summed E-state index contributed by atoms with van der Waals surface area (Å²) in [6.45, 7) is 3.92. The zero-order chi connectivity index (χ0) is 21.3. The summed E-state index contributed by atoms with van der Waals surface area (Å²) in [7, 11) is 0. The van der Waals surface area contributed by atoms with Gasteiger partial charge in [0.2, 0.25) is 5.88 Å². The number of aromatic amines is 1. The lowest BCUT2D eigenvalue weighted by atomic mass is 10.1. The molecule has 2 heterocycles. The van der Waals surface area contributed by atoms with Crippen molar-refractivity contribution in [3.63, 3.8) is 0 Å². The Kier molecular flexibility index (Phi) is 4.93. The predicted molar refractivity (Wildman–Crippen MR) is 117 cm³/mol. The van der Waals surface area contributed by atoms with Gasteiger partial charge in [-0.1, -0.05) is 24.3 Å². The Morgan fingerprint density at radius 2 is 1.83 bits per heavy atom. The van der Waals surface area contributed by atoms with Gasteiger partial charge in [-0.3, -0.25) is 9.59 Å². The summed E-state index contributed by atoms with van der Waals surface area (Å²) in [4.78, 5) is 28.0. The van der Waals surface area contributed by atoms with Crippen LogP contribution in [-0.4, -0.2) is 26.8 Å². The van der Waals surface area contributed by atoms with Crippen LogP contribution in [-0.2, 0) is 0 Å². The lowest BCUT2D eigenvalue weighted by molar-refractivity contribution is 0.0950. The Morgan fingerprint density at radius 3 is 2.53 bits per heavy atom. The average Bonchev–Trinajstić information content (AvgIpc) is 3.28. The number of amides is 1. The van der Waals surface area contributed by atoms with Crippen molar-refractivity contribution in [2.75, 3.05) is 0 Å². The van der Waals surface area contributed by atoms with Crippen LogP contribution < -0.4 is 11.0 Å². The third-order valence-electron chi connectivity index (χ3n) is 5.05. The molecule has 0 aliphatic heterocycles. The standard InChI is InChI=1S/C23H20N4O3/c1-14-9-10-16(12-15(14)2)27-22(29)18-7-4-3-6-17(18)19(23(27)30)13-25-26-21(28)20-8-5-11-24-20/h3-13,24,30H,1-2H3,(H,26,28)/b25-13+. The van der Waals surface area contributed by atoms with Crippen LogP contribution in [0.15, 0.2) is 70.7 Å². The molecule has 30 heavy (non-hydrogen) atoms. The highest BCUT2D eigenvalue weighted by atomic mass is 16.3. The number of hydrogen-bond donors (Lipinski definition) is 3. The summed E-state index contributed by atoms with van der Waals surface area (Å²) in [5, 5.41) is 15.9. The van der Waals surface area contributed by atoms with Crippen molar-refractivity contribution in [2.45, 2.75) is 13.8 Å². The van der Waals surface area contributed by atoms with Gasteiger partial charge in [0.05, 0.1) is 17.5 Å². The molecule has 4 rings (SSSR count). The van der Waals surface area contributed by atoms with E-state index in [4.69, 9.17) is 0 Å². The van der Waals surface area contributed by atoms with E-state index in [2.05, 4.69) is 15.5 Å². The molecule has 0 saturated carbocycles. The van der Waals surface area contributed by atoms with Crippen molar-refractivity contribution in [1.82, 2.24) is 15.0 Å². The maximum Gasteiger partial charge on any atom is 0.287 e. The number of pyridine rings is 1. The average molecular weight is 400 g/mol. The van der Waals surface area contributed by atoms with Gasteiger partial charge in [0.25, 0.3) is 11.5 Å². The minimum absolute atomic E-state index is 0.250. The first-order chi connectivity index (χ1) is 14.5. The highest BCUT2D eigenvalue weighted by molar-refractivity contribution is 6.02. The SMILES string of the molecule is Cc1ccc(-n2c(O)c(/C=N/NC(=O)c3ccc[nH]3)c3ccccc3c2=O)cc1C. The maximum absolute atomic E-state index is 13.1. The molecule has 0 saturated heterocycles. The molecule has 0 radical (unpaired) electrons. The molecular weight excluding hydrogens is 380 g/mol. The summed E-state index contributed by atoms with van der Waals surface area (Å²) in [5.74, 6) is -0.664. The first-order valence-electron chi connectivity index (χ1n) is 9.38. The number of nitrogens with one attached hydrogen (secondary N) is 2. The fourth-order valence-corrected chi connectivity index (χ4v) is 3.28. The van der Waals surface area contributed by atoms with Crippen LogP contribution in [0.5, 0.6) is 5.88 Å². The molecule has 2 aromatic carbocycles. The van der Waals surface area contributed by atoms with Crippen LogP contribution in [0.2, 0.25) is 0 Å². The highest BCUT2D eigenvalue weighted by Crippen LogP contribution is 2.26. The molecule has 0 aliphatic carbocycles. The molecule has 0 fully saturated rings. The first-order valence-corrected chi connectivity index (χ1v) is 9.38. The van der Waals surface area contributed by atoms with E-state index in [1.165, 1.54) is 10.8 Å². The number of aromatic nitrogens is 2. The number of rotatable bonds is 4. The summed E-state index contributed by atoms with van der Waals surface area (Å²) in [6, 6.07) is 15.8. The molecule has 7 nitrogen and oxygen atoms in total. The van der Waals surface area contributed by atoms with Gasteiger partial charge in [-0.15, -0.1) is 0 Å². The number of hydrazone groups is 1. The smallest absolute Gasteiger partial charge is 0.287 e. The molecule has 4 aromatic rings. The van der Waals surface area contributed by atoms with E-state index < -0.39 is 5.91 Å². The fraction of sp³-hybridized carbons (Fsp3) is 0.0870. The van der Waals surface area contributed by atoms with E-state index in [9.17, 15) is 14.7 Å². The van der Waals surface area contributed by atoms with Crippen molar-refractivity contribution >= 4 is 22.9 Å². The van der Waals surface area contributed by atoms with Crippen molar-refractivity contribution in [3.8, 4) is 11.6 Å². The summed E-state index contributed by atoms with van der Waals surface area (Å²) < 4.78 is 1.25. The summed E-state index contributed by atoms with van der Waals surface area (Å²) >= 11 is 0. The van der Waals surface area contributed by atoms with Crippen LogP contribution >= 0.6 is 0 Å². The van der Waals surface area contributed by atoms with Crippen molar-refractivity contribution in [2.24, 2.45) is 5.10 Å². The number of fused-ring (bicyclic) bond motifs is 1. The fourth-order valence-electron chi connectivity index (χ4n) is 3.28. The number of H-pyrrole nitrogens is 1. The third-order valence-corrected chi connectivity index (χ3v) is 5.05. The Bertz CT molecular complexity index is 1330. The Hall–Kier alpha value is -4.13. The van der Waals surface area contributed by atoms with Crippen molar-refractivity contribution in [3.05, 3.63) is 93.5 Å². The van der Waals surface area contributed by atoms with Crippen LogP contribution in [0.4, 0.5) is 0 Å². The number of carbonyl (C=O) groups is 1. The van der Waals surface area contributed by atoms with E-state index in [1.54, 1.807) is 48.7 Å². The quantitative estimate of drug-likeness (QED) is 0.362. The number of hydrogen-bond acceptors (Lipinski definition) is 4. The van der Waals surface area contributed by atoms with Crippen LogP contribution in [0.3, 0.4) is 0 Å². The van der Waals surface area contributed by atoms with Gasteiger partial charge < -0.3 is 10.1 Å². The molecule has 0 spiro atoms. The van der Waals surface area contributed by atoms with Gasteiger partial charge in [-0.05, 0) is 55.3 Å².